The van der Waals surface area contributed by atoms with Gasteiger partial charge in [0.1, 0.15) is 16.8 Å². The number of carbonyl (C=O) groups is 3. The number of allylic oxidation sites excluding steroid dienone is 1. The smallest absolute Gasteiger partial charge is 0.380 e. The van der Waals surface area contributed by atoms with Crippen LogP contribution in [0.2, 0.25) is 5.02 Å². The first kappa shape index (κ1) is 64.7. The Kier molecular flexibility index (Phi) is 20.8. The van der Waals surface area contributed by atoms with Crippen LogP contribution in [-0.2, 0) is 34.2 Å². The molecular weight excluding hydrogens is 1220 g/mol. The van der Waals surface area contributed by atoms with E-state index in [1.807, 2.05) is 47.2 Å². The molecule has 10 rings (SSSR count). The number of halogens is 5. The first-order valence-electron chi connectivity index (χ1n) is 29.8. The summed E-state index contributed by atoms with van der Waals surface area (Å²) in [6.45, 7) is 12.8. The van der Waals surface area contributed by atoms with Gasteiger partial charge >= 0.3 is 5.51 Å². The normalized spacial score (nSPS) is 21.0. The number of nitrogens with zero attached hydrogens (tertiary/aromatic N) is 5. The molecule has 0 radical (unpaired) electrons. The van der Waals surface area contributed by atoms with Crippen molar-refractivity contribution in [1.82, 2.24) is 24.7 Å². The number of alkyl halides is 3. The van der Waals surface area contributed by atoms with Crippen molar-refractivity contribution in [2.24, 2.45) is 5.41 Å². The number of piperidine rings is 1. The zero-order valence-electron chi connectivity index (χ0n) is 49.0. The van der Waals surface area contributed by atoms with Crippen LogP contribution in [0.4, 0.5) is 40.3 Å². The molecule has 0 aromatic heterocycles. The molecule has 1 aliphatic carbocycles. The highest BCUT2D eigenvalue weighted by atomic mass is 35.5. The van der Waals surface area contributed by atoms with Crippen LogP contribution in [0.3, 0.4) is 0 Å². The Hall–Kier alpha value is -6.25. The number of hydrogen-bond donors (Lipinski definition) is 4. The van der Waals surface area contributed by atoms with Crippen molar-refractivity contribution in [2.75, 3.05) is 124 Å². The van der Waals surface area contributed by atoms with Gasteiger partial charge in [-0.1, -0.05) is 54.4 Å². The minimum atomic E-state index is -6.10. The van der Waals surface area contributed by atoms with Crippen molar-refractivity contribution in [2.45, 2.75) is 84.1 Å². The van der Waals surface area contributed by atoms with Crippen LogP contribution in [0, 0.1) is 11.2 Å². The van der Waals surface area contributed by atoms with Crippen molar-refractivity contribution in [3.8, 4) is 0 Å². The molecule has 5 aliphatic rings. The fourth-order valence-corrected chi connectivity index (χ4v) is 15.4. The lowest BCUT2D eigenvalue weighted by atomic mass is 9.71. The summed E-state index contributed by atoms with van der Waals surface area (Å²) < 4.78 is 120. The number of carbonyl (C=O) groups excluding carboxylic acids is 3. The number of benzene rings is 5. The molecule has 472 valence electrons. The first-order valence-corrected chi connectivity index (χ1v) is 34.1. The summed E-state index contributed by atoms with van der Waals surface area (Å²) in [6.07, 6.45) is 4.58. The fourth-order valence-electron chi connectivity index (χ4n) is 12.3. The van der Waals surface area contributed by atoms with Gasteiger partial charge in [-0.2, -0.15) is 13.2 Å². The van der Waals surface area contributed by atoms with Crippen LogP contribution in [0.1, 0.15) is 67.8 Å². The van der Waals surface area contributed by atoms with Crippen molar-refractivity contribution in [3.63, 3.8) is 0 Å². The van der Waals surface area contributed by atoms with Crippen molar-refractivity contribution < 1.29 is 53.5 Å². The van der Waals surface area contributed by atoms with Gasteiger partial charge in [0.2, 0.25) is 11.8 Å². The van der Waals surface area contributed by atoms with E-state index >= 15 is 4.39 Å². The minimum absolute atomic E-state index is 0.0226. The predicted octanol–water partition coefficient (Wildman–Crippen LogP) is 9.38. The molecule has 5 aromatic carbocycles. The molecule has 25 heteroatoms. The Labute approximate surface area is 521 Å². The predicted molar refractivity (Wildman–Crippen MR) is 336 cm³/mol. The maximum absolute atomic E-state index is 15.6. The van der Waals surface area contributed by atoms with E-state index in [0.717, 1.165) is 99.8 Å². The Balaban J connectivity index is 0.752. The van der Waals surface area contributed by atoms with Gasteiger partial charge in [0, 0.05) is 137 Å². The van der Waals surface area contributed by atoms with Crippen LogP contribution in [0.15, 0.2) is 136 Å². The van der Waals surface area contributed by atoms with E-state index in [1.165, 1.54) is 41.1 Å². The van der Waals surface area contributed by atoms with Crippen molar-refractivity contribution in [3.05, 3.63) is 143 Å². The second-order valence-corrected chi connectivity index (χ2v) is 28.7. The van der Waals surface area contributed by atoms with Gasteiger partial charge < -0.3 is 30.1 Å². The second-order valence-electron chi connectivity index (χ2n) is 23.6. The molecule has 3 atom stereocenters. The van der Waals surface area contributed by atoms with Gasteiger partial charge in [-0.25, -0.2) is 25.9 Å². The monoisotopic (exact) mass is 1290 g/mol. The summed E-state index contributed by atoms with van der Waals surface area (Å²) in [5.74, 6) is -1.80. The first-order chi connectivity index (χ1) is 42.1. The second kappa shape index (κ2) is 28.3. The maximum Gasteiger partial charge on any atom is 0.501 e. The zero-order valence-corrected chi connectivity index (χ0v) is 52.2. The molecule has 4 saturated heterocycles. The SMILES string of the molecule is C[C@@]1(CN2CCN(c3ccc(NC4CCC(=O)NC4=O)cc3F)CC2)CCC(c2ccc(Cl)cc2)=C(CN2CCN(c3ccc(C(=O)NS(=O)(=O)c4ccc(N[C@H](CCN5CCCOCC5)CSc5ccccc5)c(S(=O)(=O)C(F)(F)F)c4)cc3)CC2)C1. The molecule has 0 spiro atoms. The van der Waals surface area contributed by atoms with Crippen molar-refractivity contribution in [1.29, 1.82) is 0 Å². The van der Waals surface area contributed by atoms with Crippen LogP contribution >= 0.6 is 23.4 Å². The lowest BCUT2D eigenvalue weighted by Crippen LogP contribution is -2.50. The number of anilines is 4. The molecule has 0 saturated carbocycles. The number of rotatable bonds is 21. The lowest BCUT2D eigenvalue weighted by molar-refractivity contribution is -0.133. The van der Waals surface area contributed by atoms with E-state index in [0.29, 0.717) is 93.5 Å². The molecule has 4 heterocycles. The molecule has 1 unspecified atom stereocenters. The fraction of sp³-hybridized carbons (Fsp3) is 0.444. The molecular formula is C63H74ClF4N9O8S3. The number of thioether (sulfide) groups is 1. The van der Waals surface area contributed by atoms with Crippen LogP contribution in [0.5, 0.6) is 0 Å². The zero-order chi connectivity index (χ0) is 62.2. The number of imide groups is 1. The number of amides is 3. The minimum Gasteiger partial charge on any atom is -0.380 e. The maximum atomic E-state index is 15.6. The summed E-state index contributed by atoms with van der Waals surface area (Å²) in [7, 11) is -11.0. The van der Waals surface area contributed by atoms with Gasteiger partial charge in [0.15, 0.2) is 0 Å². The highest BCUT2D eigenvalue weighted by molar-refractivity contribution is 7.99. The summed E-state index contributed by atoms with van der Waals surface area (Å²) in [5.41, 5.74) is -0.596. The number of sulfonamides is 1. The molecule has 3 amide bonds. The Morgan fingerprint density at radius 1 is 0.807 bits per heavy atom. The number of ether oxygens (including phenoxy) is 1. The van der Waals surface area contributed by atoms with E-state index in [-0.39, 0.29) is 29.1 Å². The van der Waals surface area contributed by atoms with E-state index < -0.39 is 64.7 Å². The largest absolute Gasteiger partial charge is 0.501 e. The third-order valence-corrected chi connectivity index (χ3v) is 21.4. The molecule has 4 aliphatic heterocycles. The topological polar surface area (TPSA) is 193 Å². The lowest BCUT2D eigenvalue weighted by Gasteiger charge is -2.44. The molecule has 4 N–H and O–H groups in total. The van der Waals surface area contributed by atoms with Crippen LogP contribution < -0.4 is 30.5 Å². The number of hydrogen-bond acceptors (Lipinski definition) is 16. The van der Waals surface area contributed by atoms with E-state index in [2.05, 4.69) is 59.5 Å². The quantitative estimate of drug-likeness (QED) is 0.0308. The van der Waals surface area contributed by atoms with Gasteiger partial charge in [-0.05, 0) is 140 Å². The molecule has 0 bridgehead atoms. The molecule has 88 heavy (non-hydrogen) atoms. The summed E-state index contributed by atoms with van der Waals surface area (Å²) in [6, 6.07) is 29.9. The molecule has 4 fully saturated rings. The van der Waals surface area contributed by atoms with Crippen LogP contribution in [0.25, 0.3) is 5.57 Å². The summed E-state index contributed by atoms with van der Waals surface area (Å²) in [5, 5.41) is 9.07. The van der Waals surface area contributed by atoms with Crippen molar-refractivity contribution >= 4 is 89.3 Å². The summed E-state index contributed by atoms with van der Waals surface area (Å²) >= 11 is 7.80. The van der Waals surface area contributed by atoms with Crippen LogP contribution in [-0.4, -0.2) is 171 Å². The summed E-state index contributed by atoms with van der Waals surface area (Å²) in [4.78, 5) is 47.6. The highest BCUT2D eigenvalue weighted by Crippen LogP contribution is 2.45. The Bertz CT molecular complexity index is 3550. The van der Waals surface area contributed by atoms with Gasteiger partial charge in [-0.3, -0.25) is 29.5 Å². The van der Waals surface area contributed by atoms with Gasteiger partial charge in [0.05, 0.1) is 22.9 Å². The Morgan fingerprint density at radius 2 is 1.52 bits per heavy atom. The highest BCUT2D eigenvalue weighted by Gasteiger charge is 2.49. The van der Waals surface area contributed by atoms with E-state index in [4.69, 9.17) is 16.3 Å². The third kappa shape index (κ3) is 16.4. The number of piperazine rings is 2. The van der Waals surface area contributed by atoms with Gasteiger partial charge in [0.25, 0.3) is 25.8 Å². The third-order valence-electron chi connectivity index (χ3n) is 17.1. The standard InChI is InChI=1S/C63H74ClF4N9O8S3/c1-62(43-75-29-33-77(34-30-75)57-20-14-48(38-54(57)65)69-56-19-21-59(78)71-61(56)80)24-22-53(44-8-12-47(64)13-9-44)46(40-62)41-74-27-31-76(32-28-74)50-15-10-45(11-16-50)60(79)72-88(83,84)52-17-18-55(58(39-52)87(81,82)63(66,67)68)70-49(42-86-51-6-3-2-4-7-51)23-26-73-25-5-36-85-37-35-73/h2-4,6-18,20,38-39,49,56,69-70H,5,19,21-37,40-43H2,1H3,(H,72,79)(H,71,78,80)/t49-,56?,62-/m1/s1. The average molecular weight is 1290 g/mol. The Morgan fingerprint density at radius 3 is 2.23 bits per heavy atom. The van der Waals surface area contributed by atoms with E-state index in [1.54, 1.807) is 24.3 Å². The molecule has 17 nitrogen and oxygen atoms in total. The number of sulfone groups is 1. The number of nitrogens with one attached hydrogen (secondary N) is 4. The van der Waals surface area contributed by atoms with Gasteiger partial charge in [-0.15, -0.1) is 11.8 Å². The molecule has 5 aromatic rings. The van der Waals surface area contributed by atoms with E-state index in [9.17, 15) is 44.4 Å². The average Bonchev–Trinajstić information content (AvgIpc) is 1.74.